The van der Waals surface area contributed by atoms with Gasteiger partial charge in [-0.3, -0.25) is 4.98 Å². The molecule has 1 aromatic carbocycles. The van der Waals surface area contributed by atoms with Crippen molar-refractivity contribution in [3.8, 4) is 0 Å². The minimum atomic E-state index is -0.321. The second-order valence-corrected chi connectivity index (χ2v) is 4.91. The normalized spacial score (nSPS) is 11.9. The third kappa shape index (κ3) is 3.25. The number of hydrogen-bond donors (Lipinski definition) is 1. The van der Waals surface area contributed by atoms with Gasteiger partial charge in [0.2, 0.25) is 5.95 Å². The maximum Gasteiger partial charge on any atom is 0.223 e. The molecule has 0 saturated heterocycles. The lowest BCUT2D eigenvalue weighted by atomic mass is 10.0. The van der Waals surface area contributed by atoms with E-state index in [0.717, 1.165) is 17.0 Å². The van der Waals surface area contributed by atoms with Crippen molar-refractivity contribution in [2.75, 3.05) is 5.32 Å². The number of aromatic nitrogens is 3. The predicted molar refractivity (Wildman–Crippen MR) is 82.9 cm³/mol. The number of pyridine rings is 1. The molecule has 0 bridgehead atoms. The Balaban J connectivity index is 2.00. The van der Waals surface area contributed by atoms with Crippen LogP contribution in [0.25, 0.3) is 0 Å². The predicted octanol–water partition coefficient (Wildman–Crippen LogP) is 3.52. The number of rotatable bonds is 4. The average molecular weight is 294 g/mol. The monoisotopic (exact) mass is 294 g/mol. The molecule has 3 rings (SSSR count). The maximum atomic E-state index is 13.6. The summed E-state index contributed by atoms with van der Waals surface area (Å²) in [4.78, 5) is 12.9. The van der Waals surface area contributed by atoms with Crippen LogP contribution < -0.4 is 5.32 Å². The van der Waals surface area contributed by atoms with E-state index in [1.165, 1.54) is 12.1 Å². The van der Waals surface area contributed by atoms with Crippen LogP contribution in [0.1, 0.15) is 23.0 Å². The molecule has 2 heterocycles. The molecule has 0 fully saturated rings. The zero-order valence-corrected chi connectivity index (χ0v) is 12.1. The summed E-state index contributed by atoms with van der Waals surface area (Å²) in [6, 6.07) is 13.6. The minimum Gasteiger partial charge on any atom is -0.342 e. The molecular weight excluding hydrogens is 279 g/mol. The van der Waals surface area contributed by atoms with Gasteiger partial charge >= 0.3 is 0 Å². The van der Waals surface area contributed by atoms with E-state index in [9.17, 15) is 4.39 Å². The van der Waals surface area contributed by atoms with Crippen molar-refractivity contribution < 1.29 is 4.39 Å². The number of anilines is 1. The number of nitrogens with zero attached hydrogens (tertiary/aromatic N) is 3. The molecule has 1 unspecified atom stereocenters. The van der Waals surface area contributed by atoms with E-state index >= 15 is 0 Å². The van der Waals surface area contributed by atoms with Crippen molar-refractivity contribution in [2.45, 2.75) is 13.0 Å². The van der Waals surface area contributed by atoms with Crippen molar-refractivity contribution in [3.05, 3.63) is 83.7 Å². The van der Waals surface area contributed by atoms with Gasteiger partial charge in [-0.15, -0.1) is 0 Å². The maximum absolute atomic E-state index is 13.6. The first kappa shape index (κ1) is 14.1. The molecule has 3 aromatic rings. The highest BCUT2D eigenvalue weighted by molar-refractivity contribution is 5.38. The molecule has 0 aliphatic carbocycles. The molecule has 110 valence electrons. The van der Waals surface area contributed by atoms with Gasteiger partial charge in [-0.1, -0.05) is 18.2 Å². The molecule has 1 N–H and O–H groups in total. The Morgan fingerprint density at radius 2 is 1.91 bits per heavy atom. The summed E-state index contributed by atoms with van der Waals surface area (Å²) >= 11 is 0. The zero-order chi connectivity index (χ0) is 15.4. The first-order chi connectivity index (χ1) is 10.7. The molecule has 2 aromatic heterocycles. The van der Waals surface area contributed by atoms with Gasteiger partial charge in [0.25, 0.3) is 0 Å². The van der Waals surface area contributed by atoms with E-state index in [1.807, 2.05) is 37.3 Å². The van der Waals surface area contributed by atoms with E-state index in [4.69, 9.17) is 0 Å². The molecule has 0 aliphatic heterocycles. The Hall–Kier alpha value is -2.82. The molecule has 0 radical (unpaired) electrons. The molecular formula is C17H15FN4. The van der Waals surface area contributed by atoms with E-state index in [1.54, 1.807) is 18.5 Å². The lowest BCUT2D eigenvalue weighted by Crippen LogP contribution is -2.16. The van der Waals surface area contributed by atoms with Crippen LogP contribution in [0.5, 0.6) is 0 Å². The quantitative estimate of drug-likeness (QED) is 0.800. The highest BCUT2D eigenvalue weighted by Crippen LogP contribution is 2.24. The van der Waals surface area contributed by atoms with Crippen LogP contribution in [0.2, 0.25) is 0 Å². The fraction of sp³-hybridized carbons (Fsp3) is 0.118. The Kier molecular flexibility index (Phi) is 4.05. The van der Waals surface area contributed by atoms with Crippen molar-refractivity contribution in [2.24, 2.45) is 0 Å². The Bertz CT molecular complexity index is 761. The van der Waals surface area contributed by atoms with Crippen molar-refractivity contribution in [3.63, 3.8) is 0 Å². The SMILES string of the molecule is Cc1ccnc(NC(c2cccc(F)c2)c2ccccn2)n1. The third-order valence-electron chi connectivity index (χ3n) is 3.23. The first-order valence-corrected chi connectivity index (χ1v) is 6.95. The van der Waals surface area contributed by atoms with E-state index < -0.39 is 0 Å². The Morgan fingerprint density at radius 1 is 1.00 bits per heavy atom. The molecule has 0 spiro atoms. The lowest BCUT2D eigenvalue weighted by molar-refractivity contribution is 0.624. The second-order valence-electron chi connectivity index (χ2n) is 4.91. The van der Waals surface area contributed by atoms with Gasteiger partial charge in [-0.25, -0.2) is 14.4 Å². The lowest BCUT2D eigenvalue weighted by Gasteiger charge is -2.19. The molecule has 1 atom stereocenters. The molecule has 5 heteroatoms. The average Bonchev–Trinajstić information content (AvgIpc) is 2.53. The number of benzene rings is 1. The highest BCUT2D eigenvalue weighted by atomic mass is 19.1. The van der Waals surface area contributed by atoms with Crippen molar-refractivity contribution in [1.29, 1.82) is 0 Å². The Labute approximate surface area is 128 Å². The van der Waals surface area contributed by atoms with Gasteiger partial charge in [0.05, 0.1) is 11.7 Å². The van der Waals surface area contributed by atoms with E-state index in [-0.39, 0.29) is 11.9 Å². The summed E-state index contributed by atoms with van der Waals surface area (Å²) in [5.74, 6) is 0.199. The molecule has 22 heavy (non-hydrogen) atoms. The van der Waals surface area contributed by atoms with Crippen LogP contribution in [-0.2, 0) is 0 Å². The van der Waals surface area contributed by atoms with Crippen LogP contribution in [0.4, 0.5) is 10.3 Å². The van der Waals surface area contributed by atoms with Gasteiger partial charge in [0.1, 0.15) is 5.82 Å². The van der Waals surface area contributed by atoms with Crippen molar-refractivity contribution in [1.82, 2.24) is 15.0 Å². The molecule has 4 nitrogen and oxygen atoms in total. The van der Waals surface area contributed by atoms with Crippen LogP contribution >= 0.6 is 0 Å². The summed E-state index contributed by atoms with van der Waals surface area (Å²) < 4.78 is 13.6. The summed E-state index contributed by atoms with van der Waals surface area (Å²) in [5, 5.41) is 3.23. The standard InChI is InChI=1S/C17H15FN4/c1-12-8-10-20-17(21-12)22-16(15-7-2-3-9-19-15)13-5-4-6-14(18)11-13/h2-11,16H,1H3,(H,20,21,22). The van der Waals surface area contributed by atoms with Gasteiger partial charge in [0.15, 0.2) is 0 Å². The second kappa shape index (κ2) is 6.30. The zero-order valence-electron chi connectivity index (χ0n) is 12.1. The van der Waals surface area contributed by atoms with Crippen LogP contribution in [0.15, 0.2) is 60.9 Å². The van der Waals surface area contributed by atoms with Crippen LogP contribution in [0.3, 0.4) is 0 Å². The van der Waals surface area contributed by atoms with Gasteiger partial charge in [0, 0.05) is 18.1 Å². The van der Waals surface area contributed by atoms with Crippen molar-refractivity contribution >= 4 is 5.95 Å². The number of nitrogens with one attached hydrogen (secondary N) is 1. The number of halogens is 1. The minimum absolute atomic E-state index is 0.287. The molecule has 0 aliphatic rings. The fourth-order valence-electron chi connectivity index (χ4n) is 2.21. The van der Waals surface area contributed by atoms with Crippen LogP contribution in [-0.4, -0.2) is 15.0 Å². The van der Waals surface area contributed by atoms with E-state index in [0.29, 0.717) is 5.95 Å². The third-order valence-corrected chi connectivity index (χ3v) is 3.23. The molecule has 0 saturated carbocycles. The number of aryl methyl sites for hydroxylation is 1. The summed E-state index contributed by atoms with van der Waals surface area (Å²) in [6.07, 6.45) is 3.39. The van der Waals surface area contributed by atoms with Crippen LogP contribution in [0, 0.1) is 12.7 Å². The molecule has 0 amide bonds. The largest absolute Gasteiger partial charge is 0.342 e. The number of hydrogen-bond acceptors (Lipinski definition) is 4. The topological polar surface area (TPSA) is 50.7 Å². The van der Waals surface area contributed by atoms with Gasteiger partial charge in [-0.05, 0) is 42.8 Å². The van der Waals surface area contributed by atoms with E-state index in [2.05, 4.69) is 20.3 Å². The smallest absolute Gasteiger partial charge is 0.223 e. The Morgan fingerprint density at radius 3 is 2.64 bits per heavy atom. The fourth-order valence-corrected chi connectivity index (χ4v) is 2.21. The summed E-state index contributed by atoms with van der Waals surface area (Å²) in [6.45, 7) is 1.89. The summed E-state index contributed by atoms with van der Waals surface area (Å²) in [7, 11) is 0. The van der Waals surface area contributed by atoms with Gasteiger partial charge in [-0.2, -0.15) is 0 Å². The summed E-state index contributed by atoms with van der Waals surface area (Å²) in [5.41, 5.74) is 2.40. The van der Waals surface area contributed by atoms with Gasteiger partial charge < -0.3 is 5.32 Å². The first-order valence-electron chi connectivity index (χ1n) is 6.95. The highest BCUT2D eigenvalue weighted by Gasteiger charge is 2.17.